The third-order valence-corrected chi connectivity index (χ3v) is 4.80. The van der Waals surface area contributed by atoms with Gasteiger partial charge in [0.1, 0.15) is 23.1 Å². The molecule has 0 bridgehead atoms. The zero-order valence-corrected chi connectivity index (χ0v) is 16.2. The number of benzene rings is 1. The molecule has 29 heavy (non-hydrogen) atoms. The smallest absolute Gasteiger partial charge is 0.275 e. The van der Waals surface area contributed by atoms with Crippen molar-refractivity contribution in [1.29, 1.82) is 0 Å². The molecule has 148 valence electrons. The Balaban J connectivity index is 1.34. The van der Waals surface area contributed by atoms with Gasteiger partial charge >= 0.3 is 0 Å². The van der Waals surface area contributed by atoms with Gasteiger partial charge in [-0.2, -0.15) is 0 Å². The third kappa shape index (κ3) is 4.43. The zero-order valence-electron chi connectivity index (χ0n) is 16.2. The van der Waals surface area contributed by atoms with Crippen LogP contribution in [0.2, 0.25) is 0 Å². The van der Waals surface area contributed by atoms with E-state index in [1.807, 2.05) is 24.4 Å². The molecule has 0 aliphatic carbocycles. The number of carbonyl (C=O) groups is 1. The lowest BCUT2D eigenvalue weighted by molar-refractivity contribution is 0.102. The normalized spacial score (nSPS) is 13.8. The first-order valence-corrected chi connectivity index (χ1v) is 9.41. The summed E-state index contributed by atoms with van der Waals surface area (Å²) in [4.78, 5) is 29.9. The Morgan fingerprint density at radius 1 is 0.897 bits per heavy atom. The van der Waals surface area contributed by atoms with Crippen molar-refractivity contribution >= 4 is 23.2 Å². The number of carbonyl (C=O) groups excluding carboxylic acids is 1. The summed E-state index contributed by atoms with van der Waals surface area (Å²) >= 11 is 0. The van der Waals surface area contributed by atoms with Gasteiger partial charge in [-0.1, -0.05) is 6.07 Å². The molecule has 2 aromatic heterocycles. The van der Waals surface area contributed by atoms with Crippen LogP contribution >= 0.6 is 0 Å². The van der Waals surface area contributed by atoms with E-state index < -0.39 is 0 Å². The number of hydrogen-bond acceptors (Lipinski definition) is 7. The fraction of sp³-hybridized carbons (Fsp3) is 0.238. The molecule has 1 aliphatic rings. The summed E-state index contributed by atoms with van der Waals surface area (Å²) in [5.74, 6) is 2.19. The highest BCUT2D eigenvalue weighted by molar-refractivity contribution is 6.02. The summed E-state index contributed by atoms with van der Waals surface area (Å²) in [5.41, 5.74) is 0.948. The van der Waals surface area contributed by atoms with Crippen molar-refractivity contribution in [2.75, 3.05) is 48.4 Å². The molecule has 1 N–H and O–H groups in total. The molecule has 0 unspecified atom stereocenters. The second-order valence-electron chi connectivity index (χ2n) is 6.60. The van der Waals surface area contributed by atoms with Crippen LogP contribution in [0.1, 0.15) is 10.5 Å². The van der Waals surface area contributed by atoms with Crippen LogP contribution in [0.25, 0.3) is 0 Å². The maximum atomic E-state index is 12.4. The summed E-state index contributed by atoms with van der Waals surface area (Å²) in [5, 5.41) is 2.81. The van der Waals surface area contributed by atoms with Gasteiger partial charge < -0.3 is 19.9 Å². The minimum absolute atomic E-state index is 0.275. The van der Waals surface area contributed by atoms with Crippen LogP contribution in [-0.4, -0.2) is 54.1 Å². The Bertz CT molecular complexity index is 939. The molecule has 3 aromatic rings. The number of amides is 1. The van der Waals surface area contributed by atoms with Crippen LogP contribution in [0.4, 0.5) is 17.3 Å². The van der Waals surface area contributed by atoms with Gasteiger partial charge in [-0.05, 0) is 36.4 Å². The molecule has 0 saturated carbocycles. The van der Waals surface area contributed by atoms with Crippen molar-refractivity contribution < 1.29 is 9.53 Å². The van der Waals surface area contributed by atoms with E-state index in [2.05, 4.69) is 30.1 Å². The molecule has 0 spiro atoms. The summed E-state index contributed by atoms with van der Waals surface area (Å²) in [6.07, 6.45) is 4.97. The Morgan fingerprint density at radius 2 is 1.62 bits per heavy atom. The maximum absolute atomic E-state index is 12.4. The predicted octanol–water partition coefficient (Wildman–Crippen LogP) is 2.46. The number of ether oxygens (including phenoxy) is 1. The lowest BCUT2D eigenvalue weighted by Gasteiger charge is -2.35. The minimum atomic E-state index is -0.297. The molecule has 1 aromatic carbocycles. The van der Waals surface area contributed by atoms with E-state index >= 15 is 0 Å². The molecule has 0 radical (unpaired) electrons. The first-order chi connectivity index (χ1) is 14.2. The average molecular weight is 390 g/mol. The largest absolute Gasteiger partial charge is 0.497 e. The van der Waals surface area contributed by atoms with Crippen molar-refractivity contribution in [3.63, 3.8) is 0 Å². The van der Waals surface area contributed by atoms with Gasteiger partial charge in [0.05, 0.1) is 19.5 Å². The van der Waals surface area contributed by atoms with E-state index in [1.54, 1.807) is 37.6 Å². The van der Waals surface area contributed by atoms with Crippen LogP contribution in [0.3, 0.4) is 0 Å². The van der Waals surface area contributed by atoms with Gasteiger partial charge in [0, 0.05) is 38.1 Å². The summed E-state index contributed by atoms with van der Waals surface area (Å²) in [6.45, 7) is 3.36. The second-order valence-corrected chi connectivity index (χ2v) is 6.60. The molecule has 1 fully saturated rings. The molecular weight excluding hydrogens is 368 g/mol. The van der Waals surface area contributed by atoms with Gasteiger partial charge in [0.2, 0.25) is 0 Å². The number of nitrogens with one attached hydrogen (secondary N) is 1. The molecule has 1 aliphatic heterocycles. The maximum Gasteiger partial charge on any atom is 0.275 e. The topological polar surface area (TPSA) is 83.5 Å². The number of rotatable bonds is 5. The molecule has 1 saturated heterocycles. The highest BCUT2D eigenvalue weighted by Gasteiger charge is 2.19. The molecule has 8 heteroatoms. The van der Waals surface area contributed by atoms with Gasteiger partial charge in [0.15, 0.2) is 0 Å². The van der Waals surface area contributed by atoms with Crippen molar-refractivity contribution in [3.05, 3.63) is 66.7 Å². The number of anilines is 3. The Morgan fingerprint density at radius 3 is 2.21 bits per heavy atom. The summed E-state index contributed by atoms with van der Waals surface area (Å²) < 4.78 is 5.12. The number of pyridine rings is 1. The third-order valence-electron chi connectivity index (χ3n) is 4.80. The Hall–Kier alpha value is -3.68. The van der Waals surface area contributed by atoms with Gasteiger partial charge in [-0.25, -0.2) is 15.0 Å². The van der Waals surface area contributed by atoms with Crippen molar-refractivity contribution in [1.82, 2.24) is 15.0 Å². The fourth-order valence-electron chi connectivity index (χ4n) is 3.18. The number of aromatic nitrogens is 3. The van der Waals surface area contributed by atoms with E-state index in [-0.39, 0.29) is 11.6 Å². The van der Waals surface area contributed by atoms with E-state index in [4.69, 9.17) is 4.74 Å². The lowest BCUT2D eigenvalue weighted by Crippen LogP contribution is -2.47. The minimum Gasteiger partial charge on any atom is -0.497 e. The first kappa shape index (κ1) is 18.7. The van der Waals surface area contributed by atoms with Crippen molar-refractivity contribution in [2.24, 2.45) is 0 Å². The Kier molecular flexibility index (Phi) is 5.51. The van der Waals surface area contributed by atoms with Crippen LogP contribution in [-0.2, 0) is 0 Å². The monoisotopic (exact) mass is 390 g/mol. The molecule has 0 atom stereocenters. The highest BCUT2D eigenvalue weighted by Crippen LogP contribution is 2.18. The number of hydrogen-bond donors (Lipinski definition) is 1. The number of nitrogens with zero attached hydrogens (tertiary/aromatic N) is 5. The van der Waals surface area contributed by atoms with Crippen molar-refractivity contribution in [3.8, 4) is 5.75 Å². The highest BCUT2D eigenvalue weighted by atomic mass is 16.5. The molecule has 3 heterocycles. The summed E-state index contributed by atoms with van der Waals surface area (Å²) in [7, 11) is 1.60. The Labute approximate surface area is 169 Å². The van der Waals surface area contributed by atoms with Gasteiger partial charge in [-0.15, -0.1) is 0 Å². The van der Waals surface area contributed by atoms with Crippen LogP contribution in [0, 0.1) is 0 Å². The molecule has 1 amide bonds. The molecular formula is C21H22N6O2. The first-order valence-electron chi connectivity index (χ1n) is 9.41. The standard InChI is InChI=1S/C21H22N6O2/c1-29-17-7-5-16(6-8-17)25-21(28)18-14-24-20(15-23-18)27-12-10-26(11-13-27)19-4-2-3-9-22-19/h2-9,14-15H,10-13H2,1H3,(H,25,28). The summed E-state index contributed by atoms with van der Waals surface area (Å²) in [6, 6.07) is 13.1. The lowest BCUT2D eigenvalue weighted by atomic mass is 10.3. The second kappa shape index (κ2) is 8.55. The zero-order chi connectivity index (χ0) is 20.1. The van der Waals surface area contributed by atoms with Crippen LogP contribution < -0.4 is 19.9 Å². The van der Waals surface area contributed by atoms with Gasteiger partial charge in [-0.3, -0.25) is 4.79 Å². The van der Waals surface area contributed by atoms with Gasteiger partial charge in [0.25, 0.3) is 5.91 Å². The molecule has 4 rings (SSSR count). The fourth-order valence-corrected chi connectivity index (χ4v) is 3.18. The van der Waals surface area contributed by atoms with E-state index in [9.17, 15) is 4.79 Å². The SMILES string of the molecule is COc1ccc(NC(=O)c2cnc(N3CCN(c4ccccn4)CC3)cn2)cc1. The van der Waals surface area contributed by atoms with E-state index in [0.717, 1.165) is 43.6 Å². The number of piperazine rings is 1. The van der Waals surface area contributed by atoms with E-state index in [0.29, 0.717) is 5.69 Å². The van der Waals surface area contributed by atoms with Crippen LogP contribution in [0.15, 0.2) is 61.1 Å². The van der Waals surface area contributed by atoms with Crippen molar-refractivity contribution in [2.45, 2.75) is 0 Å². The quantitative estimate of drug-likeness (QED) is 0.716. The average Bonchev–Trinajstić information content (AvgIpc) is 2.80. The molecule has 8 nitrogen and oxygen atoms in total. The predicted molar refractivity (Wildman–Crippen MR) is 112 cm³/mol. The van der Waals surface area contributed by atoms with Crippen LogP contribution in [0.5, 0.6) is 5.75 Å². The van der Waals surface area contributed by atoms with E-state index in [1.165, 1.54) is 6.20 Å². The number of methoxy groups -OCH3 is 1.